The van der Waals surface area contributed by atoms with Crippen molar-refractivity contribution < 1.29 is 4.39 Å². The zero-order valence-electron chi connectivity index (χ0n) is 17.7. The van der Waals surface area contributed by atoms with E-state index in [1.54, 1.807) is 12.3 Å². The van der Waals surface area contributed by atoms with Gasteiger partial charge >= 0.3 is 0 Å². The lowest BCUT2D eigenvalue weighted by molar-refractivity contribution is 0.501. The predicted octanol–water partition coefficient (Wildman–Crippen LogP) is 4.90. The molecule has 8 heteroatoms. The Balaban J connectivity index is 1.76. The molecule has 4 aromatic rings. The normalized spacial score (nSPS) is 14.9. The molecule has 3 heterocycles. The van der Waals surface area contributed by atoms with Crippen LogP contribution in [0.25, 0.3) is 33.5 Å². The van der Waals surface area contributed by atoms with Crippen molar-refractivity contribution in [3.63, 3.8) is 0 Å². The summed E-state index contributed by atoms with van der Waals surface area (Å²) in [7, 11) is 0. The van der Waals surface area contributed by atoms with E-state index in [4.69, 9.17) is 28.1 Å². The maximum atomic E-state index is 14.3. The van der Waals surface area contributed by atoms with Gasteiger partial charge in [-0.1, -0.05) is 17.7 Å². The second kappa shape index (κ2) is 8.07. The summed E-state index contributed by atoms with van der Waals surface area (Å²) in [4.78, 5) is 14.8. The van der Waals surface area contributed by atoms with Crippen LogP contribution >= 0.6 is 11.6 Å². The van der Waals surface area contributed by atoms with Gasteiger partial charge in [-0.3, -0.25) is 0 Å². The molecule has 2 aromatic carbocycles. The smallest absolute Gasteiger partial charge is 0.144 e. The van der Waals surface area contributed by atoms with E-state index in [1.807, 2.05) is 25.1 Å². The highest BCUT2D eigenvalue weighted by Gasteiger charge is 2.26. The van der Waals surface area contributed by atoms with Crippen LogP contribution in [-0.2, 0) is 0 Å². The van der Waals surface area contributed by atoms with Gasteiger partial charge in [-0.05, 0) is 61.2 Å². The number of aryl methyl sites for hydroxylation is 1. The molecule has 1 aliphatic heterocycles. The number of pyridine rings is 1. The number of nitrogens with one attached hydrogen (secondary N) is 1. The zero-order chi connectivity index (χ0) is 22.4. The lowest BCUT2D eigenvalue weighted by Gasteiger charge is -2.34. The maximum absolute atomic E-state index is 14.3. The molecule has 32 heavy (non-hydrogen) atoms. The van der Waals surface area contributed by atoms with Crippen molar-refractivity contribution in [3.8, 4) is 22.5 Å². The summed E-state index contributed by atoms with van der Waals surface area (Å²) < 4.78 is 14.3. The summed E-state index contributed by atoms with van der Waals surface area (Å²) in [6.07, 6.45) is 3.44. The van der Waals surface area contributed by atoms with E-state index < -0.39 is 0 Å². The van der Waals surface area contributed by atoms with Crippen molar-refractivity contribution >= 4 is 34.1 Å². The van der Waals surface area contributed by atoms with Gasteiger partial charge in [-0.15, -0.1) is 0 Å². The molecule has 0 amide bonds. The number of rotatable bonds is 3. The molecule has 1 fully saturated rings. The first kappa shape index (κ1) is 20.7. The standard InChI is InChI=1S/C24H24ClFN6/c1-13-8-14(10-16(26)9-13)18-12-29-23(28)21(22(18)32-6-4-17(27)5-7-32)24-30-19-3-2-15(25)11-20(19)31-24/h2-3,8-12,17H,4-7,27H2,1H3,(H2,28,29)(H,30,31). The van der Waals surface area contributed by atoms with Crippen LogP contribution in [0.15, 0.2) is 42.6 Å². The summed E-state index contributed by atoms with van der Waals surface area (Å²) in [6.45, 7) is 3.41. The van der Waals surface area contributed by atoms with Crippen LogP contribution in [0.2, 0.25) is 5.02 Å². The number of aromatic amines is 1. The Morgan fingerprint density at radius 3 is 2.69 bits per heavy atom. The molecule has 0 bridgehead atoms. The number of hydrogen-bond acceptors (Lipinski definition) is 5. The van der Waals surface area contributed by atoms with Crippen molar-refractivity contribution in [1.29, 1.82) is 0 Å². The van der Waals surface area contributed by atoms with E-state index in [1.165, 1.54) is 12.1 Å². The first-order valence-electron chi connectivity index (χ1n) is 10.6. The molecule has 0 radical (unpaired) electrons. The van der Waals surface area contributed by atoms with Gasteiger partial charge in [0.05, 0.1) is 22.3 Å². The molecule has 5 N–H and O–H groups in total. The molecule has 164 valence electrons. The number of fused-ring (bicyclic) bond motifs is 1. The Kier molecular flexibility index (Phi) is 5.23. The molecule has 0 aliphatic carbocycles. The lowest BCUT2D eigenvalue weighted by Crippen LogP contribution is -2.40. The Hall–Kier alpha value is -3.16. The summed E-state index contributed by atoms with van der Waals surface area (Å²) >= 11 is 6.16. The fraction of sp³-hybridized carbons (Fsp3) is 0.250. The molecular weight excluding hydrogens is 427 g/mol. The number of nitrogens with two attached hydrogens (primary N) is 2. The van der Waals surface area contributed by atoms with Gasteiger partial charge in [0.2, 0.25) is 0 Å². The van der Waals surface area contributed by atoms with Gasteiger partial charge in [-0.2, -0.15) is 0 Å². The number of benzene rings is 2. The quantitative estimate of drug-likeness (QED) is 0.412. The fourth-order valence-corrected chi connectivity index (χ4v) is 4.57. The first-order valence-corrected chi connectivity index (χ1v) is 11.0. The van der Waals surface area contributed by atoms with Gasteiger partial charge in [0, 0.05) is 35.9 Å². The SMILES string of the molecule is Cc1cc(F)cc(-c2cnc(N)c(-c3nc4cc(Cl)ccc4[nH]3)c2N2CCC(N)CC2)c1. The summed E-state index contributed by atoms with van der Waals surface area (Å²) in [5.74, 6) is 0.674. The maximum Gasteiger partial charge on any atom is 0.144 e. The molecule has 1 aliphatic rings. The summed E-state index contributed by atoms with van der Waals surface area (Å²) in [5.41, 5.74) is 18.2. The Labute approximate surface area is 190 Å². The highest BCUT2D eigenvalue weighted by Crippen LogP contribution is 2.43. The largest absolute Gasteiger partial charge is 0.383 e. The minimum atomic E-state index is -0.289. The zero-order valence-corrected chi connectivity index (χ0v) is 18.5. The van der Waals surface area contributed by atoms with E-state index in [9.17, 15) is 4.39 Å². The van der Waals surface area contributed by atoms with Crippen LogP contribution in [0.5, 0.6) is 0 Å². The van der Waals surface area contributed by atoms with Crippen molar-refractivity contribution in [2.45, 2.75) is 25.8 Å². The van der Waals surface area contributed by atoms with Gasteiger partial charge in [0.25, 0.3) is 0 Å². The number of nitrogens with zero attached hydrogens (tertiary/aromatic N) is 3. The monoisotopic (exact) mass is 450 g/mol. The number of piperidine rings is 1. The average molecular weight is 451 g/mol. The second-order valence-electron chi connectivity index (χ2n) is 8.37. The van der Waals surface area contributed by atoms with Gasteiger partial charge in [-0.25, -0.2) is 14.4 Å². The van der Waals surface area contributed by atoms with Crippen molar-refractivity contribution in [2.24, 2.45) is 5.73 Å². The molecule has 0 saturated carbocycles. The fourth-order valence-electron chi connectivity index (χ4n) is 4.40. The van der Waals surface area contributed by atoms with Crippen LogP contribution in [0.1, 0.15) is 18.4 Å². The van der Waals surface area contributed by atoms with Crippen LogP contribution in [-0.4, -0.2) is 34.1 Å². The van der Waals surface area contributed by atoms with Crippen LogP contribution in [0, 0.1) is 12.7 Å². The molecule has 0 unspecified atom stereocenters. The van der Waals surface area contributed by atoms with E-state index in [2.05, 4.69) is 14.9 Å². The lowest BCUT2D eigenvalue weighted by atomic mass is 9.97. The third-order valence-corrected chi connectivity index (χ3v) is 6.21. The van der Waals surface area contributed by atoms with Crippen LogP contribution < -0.4 is 16.4 Å². The minimum Gasteiger partial charge on any atom is -0.383 e. The second-order valence-corrected chi connectivity index (χ2v) is 8.81. The van der Waals surface area contributed by atoms with Crippen LogP contribution in [0.4, 0.5) is 15.9 Å². The number of aromatic nitrogens is 3. The highest BCUT2D eigenvalue weighted by molar-refractivity contribution is 6.31. The average Bonchev–Trinajstić information content (AvgIpc) is 3.16. The number of nitrogen functional groups attached to an aromatic ring is 1. The van der Waals surface area contributed by atoms with Gasteiger partial charge in [0.1, 0.15) is 17.5 Å². The number of hydrogen-bond donors (Lipinski definition) is 3. The van der Waals surface area contributed by atoms with E-state index >= 15 is 0 Å². The van der Waals surface area contributed by atoms with Crippen molar-refractivity contribution in [2.75, 3.05) is 23.7 Å². The molecule has 6 nitrogen and oxygen atoms in total. The number of halogens is 2. The van der Waals surface area contributed by atoms with Gasteiger partial charge < -0.3 is 21.4 Å². The Morgan fingerprint density at radius 1 is 1.16 bits per heavy atom. The van der Waals surface area contributed by atoms with E-state index in [0.717, 1.165) is 59.3 Å². The van der Waals surface area contributed by atoms with Crippen molar-refractivity contribution in [3.05, 3.63) is 59.0 Å². The van der Waals surface area contributed by atoms with E-state index in [-0.39, 0.29) is 11.9 Å². The number of anilines is 2. The number of H-pyrrole nitrogens is 1. The molecule has 2 aromatic heterocycles. The molecular formula is C24H24ClFN6. The van der Waals surface area contributed by atoms with Crippen molar-refractivity contribution in [1.82, 2.24) is 15.0 Å². The predicted molar refractivity (Wildman–Crippen MR) is 128 cm³/mol. The highest BCUT2D eigenvalue weighted by atomic mass is 35.5. The van der Waals surface area contributed by atoms with Gasteiger partial charge in [0.15, 0.2) is 0 Å². The molecule has 5 rings (SSSR count). The molecule has 0 atom stereocenters. The van der Waals surface area contributed by atoms with E-state index in [0.29, 0.717) is 22.2 Å². The summed E-state index contributed by atoms with van der Waals surface area (Å²) in [5, 5.41) is 0.607. The molecule has 0 spiro atoms. The summed E-state index contributed by atoms with van der Waals surface area (Å²) in [6, 6.07) is 10.7. The minimum absolute atomic E-state index is 0.169. The topological polar surface area (TPSA) is 96.8 Å². The Bertz CT molecular complexity index is 1290. The van der Waals surface area contributed by atoms with Crippen LogP contribution in [0.3, 0.4) is 0 Å². The first-order chi connectivity index (χ1) is 15.4. The number of imidazole rings is 1. The third-order valence-electron chi connectivity index (χ3n) is 5.97. The molecule has 1 saturated heterocycles. The Morgan fingerprint density at radius 2 is 1.94 bits per heavy atom. The third kappa shape index (κ3) is 3.78.